The van der Waals surface area contributed by atoms with Crippen molar-refractivity contribution in [3.8, 4) is 11.3 Å². The van der Waals surface area contributed by atoms with E-state index in [4.69, 9.17) is 4.42 Å². The lowest BCUT2D eigenvalue weighted by Gasteiger charge is -2.11. The van der Waals surface area contributed by atoms with Gasteiger partial charge in [-0.3, -0.25) is 4.79 Å². The molecule has 0 aliphatic heterocycles. The van der Waals surface area contributed by atoms with E-state index < -0.39 is 0 Å². The number of halogens is 1. The fourth-order valence-corrected chi connectivity index (χ4v) is 1.55. The minimum atomic E-state index is -0.328. The van der Waals surface area contributed by atoms with E-state index in [0.29, 0.717) is 23.4 Å². The summed E-state index contributed by atoms with van der Waals surface area (Å²) in [5, 5.41) is 0. The molecular formula is C14H14FNO2. The van der Waals surface area contributed by atoms with E-state index >= 15 is 0 Å². The molecule has 1 aromatic heterocycles. The summed E-state index contributed by atoms with van der Waals surface area (Å²) < 4.78 is 18.3. The zero-order valence-corrected chi connectivity index (χ0v) is 10.5. The lowest BCUT2D eigenvalue weighted by atomic mass is 9.97. The molecule has 0 saturated carbocycles. The fourth-order valence-electron chi connectivity index (χ4n) is 1.55. The number of hydrogen-bond acceptors (Lipinski definition) is 3. The molecule has 2 rings (SSSR count). The molecule has 1 aromatic carbocycles. The van der Waals surface area contributed by atoms with Crippen LogP contribution >= 0.6 is 0 Å². The number of oxazole rings is 1. The van der Waals surface area contributed by atoms with Gasteiger partial charge in [0, 0.05) is 11.0 Å². The summed E-state index contributed by atoms with van der Waals surface area (Å²) in [6.07, 6.45) is 0.626. The normalized spacial score (nSPS) is 11.6. The van der Waals surface area contributed by atoms with Gasteiger partial charge in [0.2, 0.25) is 5.89 Å². The SMILES string of the molecule is CC(C)(C)c1nc(-c2ccc(F)cc2)c(C=O)o1. The maximum absolute atomic E-state index is 12.9. The molecule has 2 aromatic rings. The first-order valence-electron chi connectivity index (χ1n) is 5.64. The van der Waals surface area contributed by atoms with Crippen LogP contribution in [0.25, 0.3) is 11.3 Å². The van der Waals surface area contributed by atoms with Gasteiger partial charge in [-0.25, -0.2) is 9.37 Å². The lowest BCUT2D eigenvalue weighted by molar-refractivity contribution is 0.109. The third-order valence-electron chi connectivity index (χ3n) is 2.52. The Hall–Kier alpha value is -1.97. The highest BCUT2D eigenvalue weighted by Crippen LogP contribution is 2.29. The molecule has 3 nitrogen and oxygen atoms in total. The third-order valence-corrected chi connectivity index (χ3v) is 2.52. The minimum Gasteiger partial charge on any atom is -0.437 e. The van der Waals surface area contributed by atoms with Crippen molar-refractivity contribution >= 4 is 6.29 Å². The van der Waals surface area contributed by atoms with Crippen LogP contribution in [0.3, 0.4) is 0 Å². The monoisotopic (exact) mass is 247 g/mol. The Balaban J connectivity index is 2.53. The number of rotatable bonds is 2. The van der Waals surface area contributed by atoms with Crippen molar-refractivity contribution in [3.63, 3.8) is 0 Å². The van der Waals surface area contributed by atoms with Crippen molar-refractivity contribution in [3.05, 3.63) is 41.7 Å². The molecule has 18 heavy (non-hydrogen) atoms. The maximum atomic E-state index is 12.9. The molecule has 0 aliphatic rings. The van der Waals surface area contributed by atoms with Crippen LogP contribution in [-0.2, 0) is 5.41 Å². The molecular weight excluding hydrogens is 233 g/mol. The molecule has 0 saturated heterocycles. The highest BCUT2D eigenvalue weighted by atomic mass is 19.1. The summed E-state index contributed by atoms with van der Waals surface area (Å²) in [5.41, 5.74) is 0.837. The van der Waals surface area contributed by atoms with Crippen molar-refractivity contribution in [2.75, 3.05) is 0 Å². The first kappa shape index (κ1) is 12.5. The number of carbonyl (C=O) groups is 1. The van der Waals surface area contributed by atoms with Gasteiger partial charge in [-0.1, -0.05) is 20.8 Å². The van der Waals surface area contributed by atoms with Crippen LogP contribution < -0.4 is 0 Å². The van der Waals surface area contributed by atoms with Gasteiger partial charge in [-0.15, -0.1) is 0 Å². The Bertz CT molecular complexity index is 564. The lowest BCUT2D eigenvalue weighted by Crippen LogP contribution is -2.11. The third kappa shape index (κ3) is 2.32. The number of benzene rings is 1. The summed E-state index contributed by atoms with van der Waals surface area (Å²) in [4.78, 5) is 15.3. The van der Waals surface area contributed by atoms with E-state index in [1.54, 1.807) is 12.1 Å². The van der Waals surface area contributed by atoms with Crippen LogP contribution in [0.2, 0.25) is 0 Å². The standard InChI is InChI=1S/C14H14FNO2/c1-14(2,3)13-16-12(11(8-17)18-13)9-4-6-10(15)7-5-9/h4-8H,1-3H3. The molecule has 4 heteroatoms. The van der Waals surface area contributed by atoms with E-state index in [0.717, 1.165) is 0 Å². The smallest absolute Gasteiger partial charge is 0.201 e. The summed E-state index contributed by atoms with van der Waals surface area (Å²) in [6.45, 7) is 5.84. The van der Waals surface area contributed by atoms with Gasteiger partial charge in [-0.2, -0.15) is 0 Å². The molecule has 0 amide bonds. The van der Waals surface area contributed by atoms with Gasteiger partial charge in [0.15, 0.2) is 12.0 Å². The molecule has 0 fully saturated rings. The van der Waals surface area contributed by atoms with Gasteiger partial charge in [0.25, 0.3) is 0 Å². The minimum absolute atomic E-state index is 0.173. The predicted molar refractivity (Wildman–Crippen MR) is 66.0 cm³/mol. The maximum Gasteiger partial charge on any atom is 0.201 e. The van der Waals surface area contributed by atoms with Crippen LogP contribution in [-0.4, -0.2) is 11.3 Å². The average molecular weight is 247 g/mol. The number of carbonyl (C=O) groups excluding carboxylic acids is 1. The molecule has 0 spiro atoms. The summed E-state index contributed by atoms with van der Waals surface area (Å²) in [7, 11) is 0. The Labute approximate surface area is 105 Å². The van der Waals surface area contributed by atoms with Gasteiger partial charge in [0.1, 0.15) is 11.5 Å². The summed E-state index contributed by atoms with van der Waals surface area (Å²) in [6, 6.07) is 5.81. The molecule has 94 valence electrons. The molecule has 1 heterocycles. The topological polar surface area (TPSA) is 43.1 Å². The fraction of sp³-hybridized carbons (Fsp3) is 0.286. The van der Waals surface area contributed by atoms with Crippen molar-refractivity contribution in [1.29, 1.82) is 0 Å². The predicted octanol–water partition coefficient (Wildman–Crippen LogP) is 3.59. The van der Waals surface area contributed by atoms with E-state index in [9.17, 15) is 9.18 Å². The summed E-state index contributed by atoms with van der Waals surface area (Å²) in [5.74, 6) is 0.335. The quantitative estimate of drug-likeness (QED) is 0.761. The van der Waals surface area contributed by atoms with Crippen LogP contribution in [0.5, 0.6) is 0 Å². The average Bonchev–Trinajstić information content (AvgIpc) is 2.73. The molecule has 0 aliphatic carbocycles. The Kier molecular flexibility index (Phi) is 3.03. The molecule has 0 radical (unpaired) electrons. The highest BCUT2D eigenvalue weighted by Gasteiger charge is 2.24. The number of aldehydes is 1. The van der Waals surface area contributed by atoms with E-state index in [-0.39, 0.29) is 17.0 Å². The van der Waals surface area contributed by atoms with Gasteiger partial charge < -0.3 is 4.42 Å². The van der Waals surface area contributed by atoms with Crippen molar-refractivity contribution in [2.45, 2.75) is 26.2 Å². The Morgan fingerprint density at radius 2 is 1.83 bits per heavy atom. The molecule has 0 unspecified atom stereocenters. The second-order valence-electron chi connectivity index (χ2n) is 5.11. The summed E-state index contributed by atoms with van der Waals surface area (Å²) >= 11 is 0. The van der Waals surface area contributed by atoms with Crippen LogP contribution in [0.4, 0.5) is 4.39 Å². The first-order valence-corrected chi connectivity index (χ1v) is 5.64. The van der Waals surface area contributed by atoms with Crippen molar-refractivity contribution < 1.29 is 13.6 Å². The van der Waals surface area contributed by atoms with Crippen molar-refractivity contribution in [1.82, 2.24) is 4.98 Å². The second kappa shape index (κ2) is 4.37. The van der Waals surface area contributed by atoms with Gasteiger partial charge in [0.05, 0.1) is 0 Å². The molecule has 0 atom stereocenters. The number of hydrogen-bond donors (Lipinski definition) is 0. The second-order valence-corrected chi connectivity index (χ2v) is 5.11. The zero-order valence-electron chi connectivity index (χ0n) is 10.5. The largest absolute Gasteiger partial charge is 0.437 e. The number of nitrogens with zero attached hydrogens (tertiary/aromatic N) is 1. The van der Waals surface area contributed by atoms with Gasteiger partial charge >= 0.3 is 0 Å². The van der Waals surface area contributed by atoms with E-state index in [1.807, 2.05) is 20.8 Å². The van der Waals surface area contributed by atoms with Crippen LogP contribution in [0, 0.1) is 5.82 Å². The van der Waals surface area contributed by atoms with E-state index in [2.05, 4.69) is 4.98 Å². The Morgan fingerprint density at radius 3 is 2.33 bits per heavy atom. The van der Waals surface area contributed by atoms with Crippen LogP contribution in [0.1, 0.15) is 37.2 Å². The van der Waals surface area contributed by atoms with E-state index in [1.165, 1.54) is 12.1 Å². The zero-order chi connectivity index (χ0) is 13.3. The van der Waals surface area contributed by atoms with Crippen molar-refractivity contribution in [2.24, 2.45) is 0 Å². The molecule has 0 N–H and O–H groups in total. The van der Waals surface area contributed by atoms with Gasteiger partial charge in [-0.05, 0) is 24.3 Å². The number of aromatic nitrogens is 1. The highest BCUT2D eigenvalue weighted by molar-refractivity contribution is 5.82. The van der Waals surface area contributed by atoms with Crippen LogP contribution in [0.15, 0.2) is 28.7 Å². The first-order chi connectivity index (χ1) is 8.41. The molecule has 0 bridgehead atoms. The Morgan fingerprint density at radius 1 is 1.22 bits per heavy atom.